The summed E-state index contributed by atoms with van der Waals surface area (Å²) in [5, 5.41) is 2.18. The summed E-state index contributed by atoms with van der Waals surface area (Å²) in [7, 11) is 0. The molecule has 15 heavy (non-hydrogen) atoms. The number of hydrogen-bond donors (Lipinski definition) is 2. The van der Waals surface area contributed by atoms with E-state index in [0.717, 1.165) is 0 Å². The fourth-order valence-electron chi connectivity index (χ4n) is 0.687. The second-order valence-corrected chi connectivity index (χ2v) is 4.45. The van der Waals surface area contributed by atoms with Gasteiger partial charge in [-0.25, -0.2) is 13.6 Å². The molecule has 0 bridgehead atoms. The van der Waals surface area contributed by atoms with Crippen molar-refractivity contribution in [3.63, 3.8) is 0 Å². The van der Waals surface area contributed by atoms with Gasteiger partial charge < -0.3 is 15.8 Å². The number of amides is 1. The molecule has 90 valence electrons. The fourth-order valence-corrected chi connectivity index (χ4v) is 0.687. The number of rotatable bonds is 3. The first-order valence-electron chi connectivity index (χ1n) is 4.62. The predicted molar refractivity (Wildman–Crippen MR) is 52.8 cm³/mol. The minimum Gasteiger partial charge on any atom is -0.444 e. The summed E-state index contributed by atoms with van der Waals surface area (Å²) in [6.07, 6.45) is -0.748. The highest BCUT2D eigenvalue weighted by Gasteiger charge is 2.31. The van der Waals surface area contributed by atoms with Crippen LogP contribution in [0.15, 0.2) is 0 Å². The van der Waals surface area contributed by atoms with E-state index in [2.05, 4.69) is 5.32 Å². The van der Waals surface area contributed by atoms with Crippen molar-refractivity contribution < 1.29 is 18.3 Å². The Kier molecular flexibility index (Phi) is 4.45. The molecule has 1 atom stereocenters. The normalized spacial score (nSPS) is 14.6. The first-order chi connectivity index (χ1) is 6.52. The SMILES string of the molecule is CC(C)(C)OC(=O)NCC(N)C(C)(F)F. The Hall–Kier alpha value is -0.910. The van der Waals surface area contributed by atoms with Crippen LogP contribution < -0.4 is 11.1 Å². The van der Waals surface area contributed by atoms with E-state index in [0.29, 0.717) is 6.92 Å². The van der Waals surface area contributed by atoms with E-state index < -0.39 is 23.7 Å². The third kappa shape index (κ3) is 7.07. The van der Waals surface area contributed by atoms with Gasteiger partial charge in [-0.3, -0.25) is 0 Å². The van der Waals surface area contributed by atoms with Crippen LogP contribution in [0.25, 0.3) is 0 Å². The van der Waals surface area contributed by atoms with Gasteiger partial charge in [0, 0.05) is 13.5 Å². The minimum atomic E-state index is -3.02. The molecule has 0 aromatic rings. The Balaban J connectivity index is 3.92. The highest BCUT2D eigenvalue weighted by molar-refractivity contribution is 5.67. The quantitative estimate of drug-likeness (QED) is 0.763. The summed E-state index contributed by atoms with van der Waals surface area (Å²) in [4.78, 5) is 11.1. The molecule has 1 unspecified atom stereocenters. The van der Waals surface area contributed by atoms with Gasteiger partial charge in [0.1, 0.15) is 5.60 Å². The zero-order valence-corrected chi connectivity index (χ0v) is 9.43. The van der Waals surface area contributed by atoms with Crippen LogP contribution in [0.2, 0.25) is 0 Å². The van der Waals surface area contributed by atoms with Crippen LogP contribution in [0.5, 0.6) is 0 Å². The van der Waals surface area contributed by atoms with E-state index in [1.165, 1.54) is 0 Å². The summed E-state index contributed by atoms with van der Waals surface area (Å²) in [6, 6.07) is -1.41. The second-order valence-electron chi connectivity index (χ2n) is 4.45. The van der Waals surface area contributed by atoms with Crippen molar-refractivity contribution in [1.82, 2.24) is 5.32 Å². The molecule has 0 aliphatic rings. The van der Waals surface area contributed by atoms with Gasteiger partial charge in [-0.1, -0.05) is 0 Å². The largest absolute Gasteiger partial charge is 0.444 e. The van der Waals surface area contributed by atoms with Crippen molar-refractivity contribution in [3.05, 3.63) is 0 Å². The predicted octanol–water partition coefficient (Wildman–Crippen LogP) is 1.49. The molecule has 0 fully saturated rings. The topological polar surface area (TPSA) is 64.3 Å². The molecule has 0 aromatic heterocycles. The Morgan fingerprint density at radius 3 is 2.20 bits per heavy atom. The van der Waals surface area contributed by atoms with Gasteiger partial charge in [0.2, 0.25) is 0 Å². The van der Waals surface area contributed by atoms with Gasteiger partial charge in [0.05, 0.1) is 6.04 Å². The molecule has 0 heterocycles. The third-order valence-electron chi connectivity index (χ3n) is 1.52. The zero-order valence-electron chi connectivity index (χ0n) is 9.43. The van der Waals surface area contributed by atoms with Crippen LogP contribution in [0, 0.1) is 0 Å². The molecule has 3 N–H and O–H groups in total. The molecular formula is C9H18F2N2O2. The van der Waals surface area contributed by atoms with Crippen molar-refractivity contribution >= 4 is 6.09 Å². The van der Waals surface area contributed by atoms with Crippen LogP contribution in [0.1, 0.15) is 27.7 Å². The van der Waals surface area contributed by atoms with Gasteiger partial charge in [-0.15, -0.1) is 0 Å². The zero-order chi connectivity index (χ0) is 12.3. The van der Waals surface area contributed by atoms with Crippen molar-refractivity contribution in [2.45, 2.75) is 45.3 Å². The van der Waals surface area contributed by atoms with E-state index in [-0.39, 0.29) is 6.54 Å². The second kappa shape index (κ2) is 4.74. The molecular weight excluding hydrogens is 206 g/mol. The molecule has 0 aliphatic carbocycles. The van der Waals surface area contributed by atoms with Crippen molar-refractivity contribution in [3.8, 4) is 0 Å². The standard InChI is InChI=1S/C9H18F2N2O2/c1-8(2,3)15-7(14)13-5-6(12)9(4,10)11/h6H,5,12H2,1-4H3,(H,13,14). The molecule has 0 aliphatic heterocycles. The highest BCUT2D eigenvalue weighted by atomic mass is 19.3. The summed E-state index contributed by atoms with van der Waals surface area (Å²) >= 11 is 0. The summed E-state index contributed by atoms with van der Waals surface area (Å²) < 4.78 is 30.0. The number of alkyl carbamates (subject to hydrolysis) is 1. The lowest BCUT2D eigenvalue weighted by Gasteiger charge is -2.22. The van der Waals surface area contributed by atoms with Gasteiger partial charge in [-0.2, -0.15) is 0 Å². The fraction of sp³-hybridized carbons (Fsp3) is 0.889. The Morgan fingerprint density at radius 1 is 1.40 bits per heavy atom. The third-order valence-corrected chi connectivity index (χ3v) is 1.52. The van der Waals surface area contributed by atoms with Crippen LogP contribution in [0.3, 0.4) is 0 Å². The first kappa shape index (κ1) is 14.1. The van der Waals surface area contributed by atoms with Gasteiger partial charge in [0.25, 0.3) is 5.92 Å². The molecule has 0 rings (SSSR count). The maximum absolute atomic E-state index is 12.6. The molecule has 0 aromatic carbocycles. The molecule has 1 amide bonds. The summed E-state index contributed by atoms with van der Waals surface area (Å²) in [6.45, 7) is 5.43. The van der Waals surface area contributed by atoms with E-state index in [9.17, 15) is 13.6 Å². The van der Waals surface area contributed by atoms with Crippen LogP contribution in [0.4, 0.5) is 13.6 Å². The van der Waals surface area contributed by atoms with E-state index in [1.807, 2.05) is 0 Å². The Labute approximate surface area is 88.2 Å². The smallest absolute Gasteiger partial charge is 0.407 e. The molecule has 0 saturated heterocycles. The van der Waals surface area contributed by atoms with Gasteiger partial charge >= 0.3 is 6.09 Å². The van der Waals surface area contributed by atoms with Crippen molar-refractivity contribution in [1.29, 1.82) is 0 Å². The average molecular weight is 224 g/mol. The molecule has 6 heteroatoms. The number of hydrogen-bond acceptors (Lipinski definition) is 3. The highest BCUT2D eigenvalue weighted by Crippen LogP contribution is 2.14. The lowest BCUT2D eigenvalue weighted by atomic mass is 10.2. The number of nitrogens with one attached hydrogen (secondary N) is 1. The van der Waals surface area contributed by atoms with Gasteiger partial charge in [-0.05, 0) is 20.8 Å². The number of carbonyl (C=O) groups excluding carboxylic acids is 1. The molecule has 0 radical (unpaired) electrons. The first-order valence-corrected chi connectivity index (χ1v) is 4.62. The summed E-state index contributed by atoms with van der Waals surface area (Å²) in [5.41, 5.74) is 4.49. The van der Waals surface area contributed by atoms with E-state index in [1.54, 1.807) is 20.8 Å². The molecule has 0 spiro atoms. The minimum absolute atomic E-state index is 0.321. The number of halogens is 2. The Bertz CT molecular complexity index is 221. The van der Waals surface area contributed by atoms with E-state index >= 15 is 0 Å². The van der Waals surface area contributed by atoms with E-state index in [4.69, 9.17) is 10.5 Å². The van der Waals surface area contributed by atoms with Crippen LogP contribution >= 0.6 is 0 Å². The molecule has 0 saturated carbocycles. The maximum Gasteiger partial charge on any atom is 0.407 e. The average Bonchev–Trinajstić information content (AvgIpc) is 1.94. The van der Waals surface area contributed by atoms with Crippen molar-refractivity contribution in [2.75, 3.05) is 6.54 Å². The van der Waals surface area contributed by atoms with Gasteiger partial charge in [0.15, 0.2) is 0 Å². The Morgan fingerprint density at radius 2 is 1.87 bits per heavy atom. The lowest BCUT2D eigenvalue weighted by Crippen LogP contribution is -2.48. The number of nitrogens with two attached hydrogens (primary N) is 1. The van der Waals surface area contributed by atoms with Crippen LogP contribution in [-0.4, -0.2) is 30.2 Å². The van der Waals surface area contributed by atoms with Crippen LogP contribution in [-0.2, 0) is 4.74 Å². The number of ether oxygens (including phenoxy) is 1. The monoisotopic (exact) mass is 224 g/mol. The van der Waals surface area contributed by atoms with Crippen molar-refractivity contribution in [2.24, 2.45) is 5.73 Å². The maximum atomic E-state index is 12.6. The number of carbonyl (C=O) groups is 1. The summed E-state index contributed by atoms with van der Waals surface area (Å²) in [5.74, 6) is -3.02. The molecule has 4 nitrogen and oxygen atoms in total. The number of alkyl halides is 2. The lowest BCUT2D eigenvalue weighted by molar-refractivity contribution is -0.00616.